The van der Waals surface area contributed by atoms with Crippen molar-refractivity contribution in [2.45, 2.75) is 6.92 Å². The molecular weight excluding hydrogens is 395 g/mol. The van der Waals surface area contributed by atoms with Crippen molar-refractivity contribution in [1.82, 2.24) is 14.7 Å². The highest BCUT2D eigenvalue weighted by atomic mass is 35.5. The minimum absolute atomic E-state index is 0.183. The quantitative estimate of drug-likeness (QED) is 0.710. The van der Waals surface area contributed by atoms with E-state index in [1.165, 1.54) is 16.8 Å². The number of piperazine rings is 1. The first-order chi connectivity index (χ1) is 14.0. The fraction of sp³-hybridized carbons (Fsp3) is 0.238. The van der Waals surface area contributed by atoms with Crippen molar-refractivity contribution < 1.29 is 14.3 Å². The van der Waals surface area contributed by atoms with Crippen molar-refractivity contribution in [3.63, 3.8) is 0 Å². The van der Waals surface area contributed by atoms with E-state index in [1.807, 2.05) is 12.1 Å². The molecule has 0 spiro atoms. The Balaban J connectivity index is 1.52. The van der Waals surface area contributed by atoms with Gasteiger partial charge in [0.05, 0.1) is 22.6 Å². The molecule has 0 atom stereocenters. The number of rotatable bonds is 3. The maximum absolute atomic E-state index is 13.2. The van der Waals surface area contributed by atoms with Crippen molar-refractivity contribution in [3.8, 4) is 11.4 Å². The lowest BCUT2D eigenvalue weighted by Crippen LogP contribution is -2.49. The number of carbonyl (C=O) groups is 1. The van der Waals surface area contributed by atoms with E-state index in [1.54, 1.807) is 36.1 Å². The van der Waals surface area contributed by atoms with Gasteiger partial charge in [-0.3, -0.25) is 4.79 Å². The van der Waals surface area contributed by atoms with Crippen molar-refractivity contribution in [3.05, 3.63) is 70.8 Å². The number of aryl methyl sites for hydroxylation is 1. The second-order valence-electron chi connectivity index (χ2n) is 6.91. The molecule has 0 saturated carbocycles. The van der Waals surface area contributed by atoms with Gasteiger partial charge in [0.1, 0.15) is 16.7 Å². The number of phenolic OH excluding ortho intramolecular Hbond substituents is 1. The van der Waals surface area contributed by atoms with Crippen LogP contribution < -0.4 is 4.90 Å². The van der Waals surface area contributed by atoms with Gasteiger partial charge < -0.3 is 14.9 Å². The van der Waals surface area contributed by atoms with E-state index in [2.05, 4.69) is 10.00 Å². The number of hydrogen-bond acceptors (Lipinski definition) is 4. The van der Waals surface area contributed by atoms with E-state index in [4.69, 9.17) is 11.6 Å². The zero-order valence-corrected chi connectivity index (χ0v) is 16.6. The molecule has 29 heavy (non-hydrogen) atoms. The van der Waals surface area contributed by atoms with Crippen molar-refractivity contribution >= 4 is 23.2 Å². The topological polar surface area (TPSA) is 61.6 Å². The molecule has 8 heteroatoms. The number of phenols is 1. The lowest BCUT2D eigenvalue weighted by Gasteiger charge is -2.36. The molecule has 1 aromatic heterocycles. The zero-order valence-electron chi connectivity index (χ0n) is 15.8. The average Bonchev–Trinajstić information content (AvgIpc) is 3.02. The maximum atomic E-state index is 13.2. The summed E-state index contributed by atoms with van der Waals surface area (Å²) in [5.41, 5.74) is 2.22. The number of carbonyl (C=O) groups excluding carboxylic acids is 1. The molecule has 1 fully saturated rings. The number of hydrogen-bond donors (Lipinski definition) is 1. The third-order valence-electron chi connectivity index (χ3n) is 5.08. The van der Waals surface area contributed by atoms with Crippen LogP contribution in [0.25, 0.3) is 5.69 Å². The van der Waals surface area contributed by atoms with Crippen molar-refractivity contribution in [2.24, 2.45) is 0 Å². The normalized spacial score (nSPS) is 14.3. The van der Waals surface area contributed by atoms with Crippen LogP contribution >= 0.6 is 11.6 Å². The van der Waals surface area contributed by atoms with Gasteiger partial charge in [-0.1, -0.05) is 23.7 Å². The summed E-state index contributed by atoms with van der Waals surface area (Å²) in [4.78, 5) is 16.9. The molecule has 150 valence electrons. The van der Waals surface area contributed by atoms with Crippen LogP contribution in [0.4, 0.5) is 10.1 Å². The summed E-state index contributed by atoms with van der Waals surface area (Å²) >= 11 is 6.48. The molecule has 0 aliphatic carbocycles. The van der Waals surface area contributed by atoms with Crippen LogP contribution in [-0.4, -0.2) is 51.9 Å². The molecule has 1 aliphatic rings. The third-order valence-corrected chi connectivity index (χ3v) is 5.43. The second-order valence-corrected chi connectivity index (χ2v) is 7.27. The molecule has 0 bridgehead atoms. The van der Waals surface area contributed by atoms with E-state index in [9.17, 15) is 14.3 Å². The Kier molecular flexibility index (Phi) is 5.15. The van der Waals surface area contributed by atoms with Gasteiger partial charge in [-0.25, -0.2) is 9.07 Å². The fourth-order valence-electron chi connectivity index (χ4n) is 3.54. The lowest BCUT2D eigenvalue weighted by molar-refractivity contribution is 0.0746. The van der Waals surface area contributed by atoms with Crippen LogP contribution in [0.3, 0.4) is 0 Å². The molecule has 0 radical (unpaired) electrons. The summed E-state index contributed by atoms with van der Waals surface area (Å²) in [5, 5.41) is 14.6. The molecule has 3 aromatic rings. The Morgan fingerprint density at radius 1 is 1.07 bits per heavy atom. The minimum Gasteiger partial charge on any atom is -0.506 e. The summed E-state index contributed by atoms with van der Waals surface area (Å²) in [7, 11) is 0. The number of halogens is 2. The van der Waals surface area contributed by atoms with E-state index in [0.29, 0.717) is 43.1 Å². The number of aromatic hydroxyl groups is 1. The van der Waals surface area contributed by atoms with Gasteiger partial charge in [-0.05, 0) is 43.3 Å². The SMILES string of the molecule is Cc1nn(-c2ccc(F)cc2)c(Cl)c1C(=O)N1CCN(c2ccccc2O)CC1. The van der Waals surface area contributed by atoms with Crippen molar-refractivity contribution in [2.75, 3.05) is 31.1 Å². The molecule has 2 heterocycles. The summed E-state index contributed by atoms with van der Waals surface area (Å²) in [6, 6.07) is 12.9. The first-order valence-electron chi connectivity index (χ1n) is 9.29. The number of nitrogens with zero attached hydrogens (tertiary/aromatic N) is 4. The highest BCUT2D eigenvalue weighted by Gasteiger charge is 2.28. The summed E-state index contributed by atoms with van der Waals surface area (Å²) in [6.45, 7) is 3.95. The Hall–Kier alpha value is -3.06. The largest absolute Gasteiger partial charge is 0.506 e. The predicted octanol–water partition coefficient (Wildman–Crippen LogP) is 3.64. The van der Waals surface area contributed by atoms with Crippen LogP contribution in [0, 0.1) is 12.7 Å². The second kappa shape index (κ2) is 7.75. The molecule has 1 N–H and O–H groups in total. The number of para-hydroxylation sites is 2. The van der Waals surface area contributed by atoms with Crippen LogP contribution in [0.15, 0.2) is 48.5 Å². The first kappa shape index (κ1) is 19.3. The molecule has 1 amide bonds. The summed E-state index contributed by atoms with van der Waals surface area (Å²) < 4.78 is 14.6. The highest BCUT2D eigenvalue weighted by molar-refractivity contribution is 6.33. The number of benzene rings is 2. The molecule has 6 nitrogen and oxygen atoms in total. The molecule has 4 rings (SSSR count). The van der Waals surface area contributed by atoms with Gasteiger partial charge in [0.2, 0.25) is 0 Å². The smallest absolute Gasteiger partial charge is 0.259 e. The first-order valence-corrected chi connectivity index (χ1v) is 9.67. The van der Waals surface area contributed by atoms with Crippen LogP contribution in [0.5, 0.6) is 5.75 Å². The van der Waals surface area contributed by atoms with Gasteiger partial charge in [-0.2, -0.15) is 5.10 Å². The van der Waals surface area contributed by atoms with Crippen LogP contribution in [0.1, 0.15) is 16.1 Å². The Morgan fingerprint density at radius 2 is 1.72 bits per heavy atom. The zero-order chi connectivity index (χ0) is 20.5. The molecular formula is C21H20ClFN4O2. The number of amides is 1. The van der Waals surface area contributed by atoms with E-state index in [0.717, 1.165) is 5.69 Å². The molecule has 1 aliphatic heterocycles. The molecule has 2 aromatic carbocycles. The number of aromatic nitrogens is 2. The molecule has 1 saturated heterocycles. The van der Waals surface area contributed by atoms with Gasteiger partial charge in [0.15, 0.2) is 0 Å². The van der Waals surface area contributed by atoms with E-state index < -0.39 is 0 Å². The van der Waals surface area contributed by atoms with E-state index >= 15 is 0 Å². The van der Waals surface area contributed by atoms with Crippen LogP contribution in [0.2, 0.25) is 5.15 Å². The standard InChI is InChI=1S/C21H20ClFN4O2/c1-14-19(20(22)27(24-14)16-8-6-15(23)7-9-16)21(29)26-12-10-25(11-13-26)17-4-2-3-5-18(17)28/h2-9,28H,10-13H2,1H3. The lowest BCUT2D eigenvalue weighted by atomic mass is 10.2. The highest BCUT2D eigenvalue weighted by Crippen LogP contribution is 2.29. The monoisotopic (exact) mass is 414 g/mol. The van der Waals surface area contributed by atoms with Gasteiger partial charge in [0.25, 0.3) is 5.91 Å². The Labute approximate surface area is 172 Å². The Bertz CT molecular complexity index is 1040. The van der Waals surface area contributed by atoms with Gasteiger partial charge >= 0.3 is 0 Å². The predicted molar refractivity (Wildman–Crippen MR) is 109 cm³/mol. The van der Waals surface area contributed by atoms with Gasteiger partial charge in [0, 0.05) is 26.2 Å². The van der Waals surface area contributed by atoms with Crippen LogP contribution in [-0.2, 0) is 0 Å². The van der Waals surface area contributed by atoms with Gasteiger partial charge in [-0.15, -0.1) is 0 Å². The average molecular weight is 415 g/mol. The van der Waals surface area contributed by atoms with Crippen molar-refractivity contribution in [1.29, 1.82) is 0 Å². The number of anilines is 1. The Morgan fingerprint density at radius 3 is 2.38 bits per heavy atom. The minimum atomic E-state index is -0.354. The summed E-state index contributed by atoms with van der Waals surface area (Å²) in [5.74, 6) is -0.308. The maximum Gasteiger partial charge on any atom is 0.259 e. The third kappa shape index (κ3) is 3.65. The molecule has 0 unspecified atom stereocenters. The summed E-state index contributed by atoms with van der Waals surface area (Å²) in [6.07, 6.45) is 0. The fourth-order valence-corrected chi connectivity index (χ4v) is 3.89. The van der Waals surface area contributed by atoms with E-state index in [-0.39, 0.29) is 22.6 Å².